The summed E-state index contributed by atoms with van der Waals surface area (Å²) in [6, 6.07) is 13.8. The maximum Gasteiger partial charge on any atom is 0.573 e. The van der Waals surface area contributed by atoms with Gasteiger partial charge in [0.25, 0.3) is 0 Å². The predicted octanol–water partition coefficient (Wildman–Crippen LogP) is 6.14. The molecule has 8 heteroatoms. The summed E-state index contributed by atoms with van der Waals surface area (Å²) < 4.78 is 55.1. The molecule has 0 atom stereocenters. The minimum atomic E-state index is -4.75. The number of aromatic amines is 1. The van der Waals surface area contributed by atoms with Crippen molar-refractivity contribution in [1.82, 2.24) is 4.98 Å². The molecule has 0 aliphatic carbocycles. The molecule has 3 aromatic carbocycles. The van der Waals surface area contributed by atoms with Crippen molar-refractivity contribution in [2.75, 3.05) is 17.7 Å². The molecule has 1 aromatic heterocycles. The summed E-state index contributed by atoms with van der Waals surface area (Å²) in [7, 11) is 1.71. The van der Waals surface area contributed by atoms with Gasteiger partial charge in [-0.3, -0.25) is 0 Å². The lowest BCUT2D eigenvalue weighted by atomic mass is 10.1. The highest BCUT2D eigenvalue weighted by molar-refractivity contribution is 6.12. The van der Waals surface area contributed by atoms with Gasteiger partial charge in [-0.2, -0.15) is 0 Å². The van der Waals surface area contributed by atoms with Crippen LogP contribution in [0.5, 0.6) is 5.75 Å². The molecule has 0 radical (unpaired) electrons. The third-order valence-corrected chi connectivity index (χ3v) is 4.30. The fourth-order valence-corrected chi connectivity index (χ4v) is 3.18. The normalized spacial score (nSPS) is 11.8. The molecular formula is C20H15F4N3O. The molecule has 0 bridgehead atoms. The Balaban J connectivity index is 1.71. The van der Waals surface area contributed by atoms with E-state index in [4.69, 9.17) is 0 Å². The molecule has 0 amide bonds. The number of anilines is 3. The lowest BCUT2D eigenvalue weighted by Crippen LogP contribution is -2.17. The molecule has 0 saturated carbocycles. The molecule has 0 spiro atoms. The van der Waals surface area contributed by atoms with Gasteiger partial charge in [0.2, 0.25) is 0 Å². The van der Waals surface area contributed by atoms with Crippen LogP contribution < -0.4 is 15.4 Å². The highest BCUT2D eigenvalue weighted by Crippen LogP contribution is 2.34. The SMILES string of the molecule is CNc1cc(F)cc2c1[nH]c1ccc(Nc3cccc(OC(F)(F)F)c3)cc12. The van der Waals surface area contributed by atoms with E-state index in [1.165, 1.54) is 30.3 Å². The minimum absolute atomic E-state index is 0.314. The third-order valence-electron chi connectivity index (χ3n) is 4.30. The lowest BCUT2D eigenvalue weighted by molar-refractivity contribution is -0.274. The maximum absolute atomic E-state index is 13.9. The highest BCUT2D eigenvalue weighted by Gasteiger charge is 2.31. The Bertz CT molecular complexity index is 1170. The summed E-state index contributed by atoms with van der Waals surface area (Å²) >= 11 is 0. The van der Waals surface area contributed by atoms with Crippen LogP contribution in [0.3, 0.4) is 0 Å². The predicted molar refractivity (Wildman–Crippen MR) is 102 cm³/mol. The Morgan fingerprint density at radius 3 is 2.46 bits per heavy atom. The van der Waals surface area contributed by atoms with Crippen LogP contribution in [0.15, 0.2) is 54.6 Å². The van der Waals surface area contributed by atoms with E-state index in [1.807, 2.05) is 12.1 Å². The van der Waals surface area contributed by atoms with Gasteiger partial charge in [-0.25, -0.2) is 4.39 Å². The molecule has 0 fully saturated rings. The van der Waals surface area contributed by atoms with Crippen LogP contribution in [0.4, 0.5) is 34.6 Å². The van der Waals surface area contributed by atoms with E-state index in [2.05, 4.69) is 20.4 Å². The molecule has 0 saturated heterocycles. The van der Waals surface area contributed by atoms with Crippen molar-refractivity contribution >= 4 is 38.9 Å². The van der Waals surface area contributed by atoms with Crippen molar-refractivity contribution in [2.45, 2.75) is 6.36 Å². The van der Waals surface area contributed by atoms with Crippen LogP contribution in [0.1, 0.15) is 0 Å². The summed E-state index contributed by atoms with van der Waals surface area (Å²) in [6.45, 7) is 0. The second-order valence-electron chi connectivity index (χ2n) is 6.21. The second-order valence-corrected chi connectivity index (χ2v) is 6.21. The maximum atomic E-state index is 13.9. The fraction of sp³-hybridized carbons (Fsp3) is 0.100. The van der Waals surface area contributed by atoms with Crippen LogP contribution in [-0.4, -0.2) is 18.4 Å². The van der Waals surface area contributed by atoms with Gasteiger partial charge in [-0.05, 0) is 42.5 Å². The molecule has 0 aliphatic heterocycles. The van der Waals surface area contributed by atoms with Crippen LogP contribution in [0.25, 0.3) is 21.8 Å². The first-order chi connectivity index (χ1) is 13.3. The number of ether oxygens (including phenoxy) is 1. The number of aromatic nitrogens is 1. The molecule has 4 aromatic rings. The number of benzene rings is 3. The largest absolute Gasteiger partial charge is 0.573 e. The number of halogens is 4. The van der Waals surface area contributed by atoms with Gasteiger partial charge in [-0.15, -0.1) is 13.2 Å². The van der Waals surface area contributed by atoms with Crippen LogP contribution in [0.2, 0.25) is 0 Å². The summed E-state index contributed by atoms with van der Waals surface area (Å²) in [6.07, 6.45) is -4.75. The molecule has 4 nitrogen and oxygen atoms in total. The Labute approximate surface area is 157 Å². The van der Waals surface area contributed by atoms with E-state index in [-0.39, 0.29) is 11.6 Å². The Kier molecular flexibility index (Phi) is 4.26. The zero-order valence-electron chi connectivity index (χ0n) is 14.6. The Morgan fingerprint density at radius 1 is 0.929 bits per heavy atom. The highest BCUT2D eigenvalue weighted by atomic mass is 19.4. The van der Waals surface area contributed by atoms with Crippen LogP contribution in [-0.2, 0) is 0 Å². The number of alkyl halides is 3. The summed E-state index contributed by atoms with van der Waals surface area (Å²) in [4.78, 5) is 3.25. The third kappa shape index (κ3) is 3.53. The molecule has 1 heterocycles. The van der Waals surface area contributed by atoms with E-state index in [1.54, 1.807) is 19.2 Å². The molecule has 0 aliphatic rings. The average Bonchev–Trinajstić information content (AvgIpc) is 2.98. The summed E-state index contributed by atoms with van der Waals surface area (Å²) in [5.74, 6) is -0.681. The Hall–Kier alpha value is -3.42. The van der Waals surface area contributed by atoms with Gasteiger partial charge in [0.05, 0.1) is 11.2 Å². The monoisotopic (exact) mass is 389 g/mol. The minimum Gasteiger partial charge on any atom is -0.406 e. The zero-order chi connectivity index (χ0) is 19.9. The standard InChI is InChI=1S/C20H15F4N3O/c1-25-18-8-11(21)7-16-15-10-13(5-6-17(15)27-19(16)18)26-12-3-2-4-14(9-12)28-20(22,23)24/h2-10,25-27H,1H3. The number of nitrogens with one attached hydrogen (secondary N) is 3. The Morgan fingerprint density at radius 2 is 1.71 bits per heavy atom. The lowest BCUT2D eigenvalue weighted by Gasteiger charge is -2.11. The van der Waals surface area contributed by atoms with Crippen LogP contribution in [0, 0.1) is 5.82 Å². The summed E-state index contributed by atoms with van der Waals surface area (Å²) in [5.41, 5.74) is 3.31. The molecule has 3 N–H and O–H groups in total. The van der Waals surface area contributed by atoms with Gasteiger partial charge in [-0.1, -0.05) is 6.07 Å². The smallest absolute Gasteiger partial charge is 0.406 e. The van der Waals surface area contributed by atoms with Crippen molar-refractivity contribution in [3.05, 3.63) is 60.4 Å². The molecular weight excluding hydrogens is 374 g/mol. The van der Waals surface area contributed by atoms with Crippen molar-refractivity contribution < 1.29 is 22.3 Å². The first kappa shape index (κ1) is 18.0. The zero-order valence-corrected chi connectivity index (χ0v) is 14.6. The van der Waals surface area contributed by atoms with Gasteiger partial charge in [0.15, 0.2) is 0 Å². The van der Waals surface area contributed by atoms with E-state index < -0.39 is 6.36 Å². The number of hydrogen-bond donors (Lipinski definition) is 3. The summed E-state index contributed by atoms with van der Waals surface area (Å²) in [5, 5.41) is 7.50. The average molecular weight is 389 g/mol. The van der Waals surface area contributed by atoms with Gasteiger partial charge in [0, 0.05) is 40.8 Å². The number of H-pyrrole nitrogens is 1. The molecule has 28 heavy (non-hydrogen) atoms. The number of fused-ring (bicyclic) bond motifs is 3. The van der Waals surface area contributed by atoms with E-state index >= 15 is 0 Å². The van der Waals surface area contributed by atoms with Crippen LogP contribution >= 0.6 is 0 Å². The first-order valence-corrected chi connectivity index (χ1v) is 8.38. The fourth-order valence-electron chi connectivity index (χ4n) is 3.18. The quantitative estimate of drug-likeness (QED) is 0.367. The van der Waals surface area contributed by atoms with Crippen molar-refractivity contribution in [3.8, 4) is 5.75 Å². The van der Waals surface area contributed by atoms with Crippen molar-refractivity contribution in [2.24, 2.45) is 0 Å². The van der Waals surface area contributed by atoms with Crippen molar-refractivity contribution in [3.63, 3.8) is 0 Å². The van der Waals surface area contributed by atoms with Crippen molar-refractivity contribution in [1.29, 1.82) is 0 Å². The van der Waals surface area contributed by atoms with E-state index in [0.717, 1.165) is 16.4 Å². The number of rotatable bonds is 4. The molecule has 144 valence electrons. The number of hydrogen-bond acceptors (Lipinski definition) is 3. The molecule has 4 rings (SSSR count). The van der Waals surface area contributed by atoms with Gasteiger partial charge >= 0.3 is 6.36 Å². The molecule has 0 unspecified atom stereocenters. The first-order valence-electron chi connectivity index (χ1n) is 8.38. The van der Waals surface area contributed by atoms with E-state index in [0.29, 0.717) is 22.4 Å². The van der Waals surface area contributed by atoms with Gasteiger partial charge in [0.1, 0.15) is 11.6 Å². The van der Waals surface area contributed by atoms with E-state index in [9.17, 15) is 17.6 Å². The second kappa shape index (κ2) is 6.63. The topological polar surface area (TPSA) is 49.1 Å². The van der Waals surface area contributed by atoms with Gasteiger partial charge < -0.3 is 20.4 Å².